The van der Waals surface area contributed by atoms with Gasteiger partial charge in [-0.2, -0.15) is 20.1 Å². The van der Waals surface area contributed by atoms with Crippen LogP contribution in [0.4, 0.5) is 5.95 Å². The van der Waals surface area contributed by atoms with Gasteiger partial charge in [0.2, 0.25) is 11.2 Å². The van der Waals surface area contributed by atoms with Crippen LogP contribution >= 0.6 is 11.6 Å². The Kier molecular flexibility index (Phi) is 3.79. The van der Waals surface area contributed by atoms with Crippen LogP contribution < -0.4 is 4.90 Å². The van der Waals surface area contributed by atoms with Gasteiger partial charge in [-0.1, -0.05) is 0 Å². The highest BCUT2D eigenvalue weighted by Crippen LogP contribution is 2.20. The van der Waals surface area contributed by atoms with Crippen LogP contribution in [-0.2, 0) is 11.3 Å². The second-order valence-corrected chi connectivity index (χ2v) is 4.70. The van der Waals surface area contributed by atoms with Crippen molar-refractivity contribution in [2.45, 2.75) is 13.5 Å². The Morgan fingerprint density at radius 1 is 1.25 bits per heavy atom. The molecule has 0 unspecified atom stereocenters. The zero-order valence-corrected chi connectivity index (χ0v) is 11.9. The molecule has 0 N–H and O–H groups in total. The minimum absolute atomic E-state index is 0.195. The Hall–Kier alpha value is -1.73. The van der Waals surface area contributed by atoms with E-state index in [1.807, 2.05) is 22.6 Å². The van der Waals surface area contributed by atoms with E-state index in [4.69, 9.17) is 16.3 Å². The van der Waals surface area contributed by atoms with Crippen molar-refractivity contribution >= 4 is 17.5 Å². The van der Waals surface area contributed by atoms with E-state index in [0.29, 0.717) is 25.0 Å². The lowest BCUT2D eigenvalue weighted by molar-refractivity contribution is 0.122. The molecule has 0 aromatic carbocycles. The first-order chi connectivity index (χ1) is 9.78. The van der Waals surface area contributed by atoms with Gasteiger partial charge < -0.3 is 9.64 Å². The molecule has 0 radical (unpaired) electrons. The molecule has 7 nitrogen and oxygen atoms in total. The number of morpholine rings is 1. The number of ether oxygens (including phenoxy) is 1. The largest absolute Gasteiger partial charge is 0.378 e. The van der Waals surface area contributed by atoms with Crippen LogP contribution in [0.2, 0.25) is 5.28 Å². The van der Waals surface area contributed by atoms with Crippen molar-refractivity contribution in [1.29, 1.82) is 0 Å². The van der Waals surface area contributed by atoms with Gasteiger partial charge in [0.1, 0.15) is 5.69 Å². The van der Waals surface area contributed by atoms with Gasteiger partial charge in [0.25, 0.3) is 0 Å². The Labute approximate surface area is 121 Å². The summed E-state index contributed by atoms with van der Waals surface area (Å²) in [6.07, 6.45) is 1.73. The number of hydrogen-bond acceptors (Lipinski definition) is 6. The van der Waals surface area contributed by atoms with Gasteiger partial charge >= 0.3 is 0 Å². The van der Waals surface area contributed by atoms with E-state index in [2.05, 4.69) is 20.1 Å². The standard InChI is InChI=1S/C12H15ClN6O/c1-2-19-9(3-4-14-19)10-15-11(13)17-12(16-10)18-5-7-20-8-6-18/h3-4H,2,5-8H2,1H3. The van der Waals surface area contributed by atoms with Crippen molar-refractivity contribution in [1.82, 2.24) is 24.7 Å². The smallest absolute Gasteiger partial charge is 0.230 e. The molecule has 3 heterocycles. The van der Waals surface area contributed by atoms with Crippen LogP contribution in [0.5, 0.6) is 0 Å². The van der Waals surface area contributed by atoms with Crippen molar-refractivity contribution in [2.24, 2.45) is 0 Å². The van der Waals surface area contributed by atoms with Gasteiger partial charge in [-0.15, -0.1) is 0 Å². The summed E-state index contributed by atoms with van der Waals surface area (Å²) < 4.78 is 7.16. The number of nitrogens with zero attached hydrogens (tertiary/aromatic N) is 6. The molecule has 2 aromatic heterocycles. The van der Waals surface area contributed by atoms with Gasteiger partial charge in [-0.3, -0.25) is 4.68 Å². The summed E-state index contributed by atoms with van der Waals surface area (Å²) in [7, 11) is 0. The van der Waals surface area contributed by atoms with Crippen LogP contribution in [0.1, 0.15) is 6.92 Å². The maximum absolute atomic E-state index is 6.03. The van der Waals surface area contributed by atoms with E-state index in [1.165, 1.54) is 0 Å². The van der Waals surface area contributed by atoms with Gasteiger partial charge in [-0.05, 0) is 24.6 Å². The maximum Gasteiger partial charge on any atom is 0.230 e. The molecule has 0 aliphatic carbocycles. The number of halogens is 1. The topological polar surface area (TPSA) is 69.0 Å². The van der Waals surface area contributed by atoms with Crippen molar-refractivity contribution in [3.63, 3.8) is 0 Å². The molecule has 1 aliphatic rings. The highest BCUT2D eigenvalue weighted by molar-refractivity contribution is 6.28. The first-order valence-corrected chi connectivity index (χ1v) is 6.92. The fraction of sp³-hybridized carbons (Fsp3) is 0.500. The van der Waals surface area contributed by atoms with Crippen molar-refractivity contribution in [3.8, 4) is 11.5 Å². The number of anilines is 1. The molecule has 0 spiro atoms. The van der Waals surface area contributed by atoms with Crippen molar-refractivity contribution in [3.05, 3.63) is 17.5 Å². The molecule has 1 aliphatic heterocycles. The molecule has 3 rings (SSSR count). The summed E-state index contributed by atoms with van der Waals surface area (Å²) in [5.74, 6) is 1.14. The van der Waals surface area contributed by atoms with Gasteiger partial charge in [0.15, 0.2) is 5.82 Å². The SMILES string of the molecule is CCn1nccc1-c1nc(Cl)nc(N2CCOCC2)n1. The Morgan fingerprint density at radius 3 is 2.80 bits per heavy atom. The third kappa shape index (κ3) is 2.59. The highest BCUT2D eigenvalue weighted by atomic mass is 35.5. The zero-order valence-electron chi connectivity index (χ0n) is 11.2. The van der Waals surface area contributed by atoms with Crippen LogP contribution in [0.25, 0.3) is 11.5 Å². The minimum Gasteiger partial charge on any atom is -0.378 e. The number of aryl methyl sites for hydroxylation is 1. The lowest BCUT2D eigenvalue weighted by Crippen LogP contribution is -2.37. The Bertz CT molecular complexity index is 595. The lowest BCUT2D eigenvalue weighted by Gasteiger charge is -2.26. The molecule has 20 heavy (non-hydrogen) atoms. The van der Waals surface area contributed by atoms with E-state index in [1.54, 1.807) is 6.20 Å². The third-order valence-corrected chi connectivity index (χ3v) is 3.30. The van der Waals surface area contributed by atoms with Gasteiger partial charge in [0, 0.05) is 25.8 Å². The third-order valence-electron chi connectivity index (χ3n) is 3.14. The zero-order chi connectivity index (χ0) is 13.9. The molecule has 106 valence electrons. The number of rotatable bonds is 3. The van der Waals surface area contributed by atoms with Crippen LogP contribution in [-0.4, -0.2) is 51.0 Å². The quantitative estimate of drug-likeness (QED) is 0.848. The van der Waals surface area contributed by atoms with E-state index in [0.717, 1.165) is 25.3 Å². The second kappa shape index (κ2) is 5.72. The lowest BCUT2D eigenvalue weighted by atomic mass is 10.4. The average molecular weight is 295 g/mol. The number of hydrogen-bond donors (Lipinski definition) is 0. The normalized spacial score (nSPS) is 15.6. The van der Waals surface area contributed by atoms with Gasteiger partial charge in [-0.25, -0.2) is 0 Å². The second-order valence-electron chi connectivity index (χ2n) is 4.36. The molecule has 0 bridgehead atoms. The molecule has 2 aromatic rings. The first-order valence-electron chi connectivity index (χ1n) is 6.54. The van der Waals surface area contributed by atoms with Gasteiger partial charge in [0.05, 0.1) is 13.2 Å². The molecular formula is C12H15ClN6O. The molecule has 1 fully saturated rings. The predicted molar refractivity (Wildman–Crippen MR) is 74.8 cm³/mol. The number of aromatic nitrogens is 5. The summed E-state index contributed by atoms with van der Waals surface area (Å²) in [6, 6.07) is 1.87. The first kappa shape index (κ1) is 13.3. The van der Waals surface area contributed by atoms with E-state index < -0.39 is 0 Å². The van der Waals surface area contributed by atoms with Crippen LogP contribution in [0, 0.1) is 0 Å². The minimum atomic E-state index is 0.195. The fourth-order valence-corrected chi connectivity index (χ4v) is 2.29. The van der Waals surface area contributed by atoms with E-state index in [-0.39, 0.29) is 5.28 Å². The van der Waals surface area contributed by atoms with E-state index >= 15 is 0 Å². The Morgan fingerprint density at radius 2 is 2.05 bits per heavy atom. The summed E-state index contributed by atoms with van der Waals surface area (Å²) in [5, 5.41) is 4.42. The average Bonchev–Trinajstić information content (AvgIpc) is 2.96. The Balaban J connectivity index is 1.98. The molecule has 0 atom stereocenters. The predicted octanol–water partition coefficient (Wildman–Crippen LogP) is 1.24. The van der Waals surface area contributed by atoms with Crippen molar-refractivity contribution in [2.75, 3.05) is 31.2 Å². The fourth-order valence-electron chi connectivity index (χ4n) is 2.13. The monoisotopic (exact) mass is 294 g/mol. The molecule has 8 heteroatoms. The summed E-state index contributed by atoms with van der Waals surface area (Å²) >= 11 is 6.03. The molecular weight excluding hydrogens is 280 g/mol. The van der Waals surface area contributed by atoms with E-state index in [9.17, 15) is 0 Å². The molecule has 0 amide bonds. The highest BCUT2D eigenvalue weighted by Gasteiger charge is 2.17. The van der Waals surface area contributed by atoms with Crippen molar-refractivity contribution < 1.29 is 4.74 Å². The maximum atomic E-state index is 6.03. The van der Waals surface area contributed by atoms with Crippen LogP contribution in [0.3, 0.4) is 0 Å². The summed E-state index contributed by atoms with van der Waals surface area (Å²) in [4.78, 5) is 15.0. The molecule has 0 saturated carbocycles. The van der Waals surface area contributed by atoms with Crippen LogP contribution in [0.15, 0.2) is 12.3 Å². The molecule has 1 saturated heterocycles. The summed E-state index contributed by atoms with van der Waals surface area (Å²) in [5.41, 5.74) is 0.839. The summed E-state index contributed by atoms with van der Waals surface area (Å²) in [6.45, 7) is 5.62.